The summed E-state index contributed by atoms with van der Waals surface area (Å²) in [5.41, 5.74) is 11.4. The number of pyridine rings is 1. The summed E-state index contributed by atoms with van der Waals surface area (Å²) in [7, 11) is 0. The number of nitrogens with two attached hydrogens (primary N) is 1. The van der Waals surface area contributed by atoms with Crippen molar-refractivity contribution in [3.05, 3.63) is 41.6 Å². The average Bonchev–Trinajstić information content (AvgIpc) is 2.75. The van der Waals surface area contributed by atoms with Gasteiger partial charge in [-0.3, -0.25) is 0 Å². The largest absolute Gasteiger partial charge is 0.398 e. The number of hydrogen-bond acceptors (Lipinski definition) is 3. The van der Waals surface area contributed by atoms with E-state index in [0.29, 0.717) is 0 Å². The van der Waals surface area contributed by atoms with Crippen molar-refractivity contribution in [3.63, 3.8) is 0 Å². The number of rotatable bonds is 1. The summed E-state index contributed by atoms with van der Waals surface area (Å²) >= 11 is 0. The van der Waals surface area contributed by atoms with Gasteiger partial charge in [-0.1, -0.05) is 12.1 Å². The molecule has 3 aromatic rings. The Morgan fingerprint density at radius 1 is 1.06 bits per heavy atom. The molecule has 0 aliphatic carbocycles. The molecule has 0 amide bonds. The van der Waals surface area contributed by atoms with Gasteiger partial charge in [0.2, 0.25) is 0 Å². The summed E-state index contributed by atoms with van der Waals surface area (Å²) in [6.07, 6.45) is 0. The van der Waals surface area contributed by atoms with E-state index in [1.165, 1.54) is 0 Å². The Labute approximate surface area is 105 Å². The molecule has 0 unspecified atom stereocenters. The number of fused-ring (bicyclic) bond motifs is 1. The van der Waals surface area contributed by atoms with Crippen LogP contribution in [0.2, 0.25) is 0 Å². The molecule has 0 fully saturated rings. The van der Waals surface area contributed by atoms with E-state index in [4.69, 9.17) is 5.73 Å². The number of imidazole rings is 1. The van der Waals surface area contributed by atoms with E-state index in [1.54, 1.807) is 0 Å². The summed E-state index contributed by atoms with van der Waals surface area (Å²) in [4.78, 5) is 12.2. The average molecular weight is 238 g/mol. The van der Waals surface area contributed by atoms with Crippen molar-refractivity contribution in [2.24, 2.45) is 0 Å². The van der Waals surface area contributed by atoms with E-state index in [9.17, 15) is 0 Å². The Hall–Kier alpha value is -2.36. The van der Waals surface area contributed by atoms with E-state index in [0.717, 1.165) is 39.5 Å². The van der Waals surface area contributed by atoms with Gasteiger partial charge in [0.15, 0.2) is 5.65 Å². The zero-order valence-electron chi connectivity index (χ0n) is 10.4. The van der Waals surface area contributed by atoms with Gasteiger partial charge in [0.25, 0.3) is 0 Å². The fraction of sp³-hybridized carbons (Fsp3) is 0.143. The lowest BCUT2D eigenvalue weighted by molar-refractivity contribution is 1.22. The zero-order valence-corrected chi connectivity index (χ0v) is 10.4. The molecule has 4 nitrogen and oxygen atoms in total. The van der Waals surface area contributed by atoms with Crippen molar-refractivity contribution < 1.29 is 0 Å². The first-order valence-corrected chi connectivity index (χ1v) is 5.84. The molecule has 0 radical (unpaired) electrons. The lowest BCUT2D eigenvalue weighted by Gasteiger charge is -2.04. The van der Waals surface area contributed by atoms with Gasteiger partial charge in [-0.2, -0.15) is 0 Å². The highest BCUT2D eigenvalue weighted by Gasteiger charge is 2.09. The van der Waals surface area contributed by atoms with Gasteiger partial charge < -0.3 is 10.7 Å². The van der Waals surface area contributed by atoms with Gasteiger partial charge in [-0.15, -0.1) is 0 Å². The van der Waals surface area contributed by atoms with Crippen molar-refractivity contribution in [3.8, 4) is 11.4 Å². The first-order valence-electron chi connectivity index (χ1n) is 5.84. The summed E-state index contributed by atoms with van der Waals surface area (Å²) in [5.74, 6) is 0.813. The van der Waals surface area contributed by atoms with Crippen molar-refractivity contribution in [1.29, 1.82) is 0 Å². The van der Waals surface area contributed by atoms with Crippen LogP contribution in [-0.2, 0) is 0 Å². The van der Waals surface area contributed by atoms with Crippen LogP contribution in [-0.4, -0.2) is 15.0 Å². The predicted octanol–water partition coefficient (Wildman–Crippen LogP) is 2.82. The second kappa shape index (κ2) is 3.84. The molecule has 0 atom stereocenters. The molecular formula is C14H14N4. The standard InChI is InChI=1S/C14H14N4/c1-8-6-7-12-14(16-8)18-13(17-12)10-4-3-5-11(15)9(10)2/h3-7H,15H2,1-2H3,(H,16,17,18). The van der Waals surface area contributed by atoms with Gasteiger partial charge in [0.1, 0.15) is 5.82 Å². The number of benzene rings is 1. The molecule has 4 heteroatoms. The number of nitrogens with one attached hydrogen (secondary N) is 1. The molecule has 2 heterocycles. The number of aromatic nitrogens is 3. The van der Waals surface area contributed by atoms with Crippen LogP contribution in [0.4, 0.5) is 5.69 Å². The number of nitrogen functional groups attached to an aromatic ring is 1. The minimum atomic E-state index is 0.742. The highest BCUT2D eigenvalue weighted by molar-refractivity contribution is 5.78. The maximum Gasteiger partial charge on any atom is 0.178 e. The first-order chi connectivity index (χ1) is 8.65. The van der Waals surface area contributed by atoms with Crippen molar-refractivity contribution in [2.45, 2.75) is 13.8 Å². The Morgan fingerprint density at radius 2 is 1.89 bits per heavy atom. The summed E-state index contributed by atoms with van der Waals surface area (Å²) in [6, 6.07) is 9.80. The van der Waals surface area contributed by atoms with E-state index < -0.39 is 0 Å². The fourth-order valence-electron chi connectivity index (χ4n) is 2.02. The molecule has 18 heavy (non-hydrogen) atoms. The molecule has 0 spiro atoms. The van der Waals surface area contributed by atoms with Gasteiger partial charge in [0.05, 0.1) is 5.52 Å². The zero-order chi connectivity index (χ0) is 12.7. The minimum absolute atomic E-state index is 0.742. The highest BCUT2D eigenvalue weighted by Crippen LogP contribution is 2.26. The molecule has 0 bridgehead atoms. The van der Waals surface area contributed by atoms with Crippen LogP contribution < -0.4 is 5.73 Å². The normalized spacial score (nSPS) is 11.0. The van der Waals surface area contributed by atoms with E-state index in [1.807, 2.05) is 44.2 Å². The van der Waals surface area contributed by atoms with E-state index in [-0.39, 0.29) is 0 Å². The van der Waals surface area contributed by atoms with Crippen LogP contribution in [0.5, 0.6) is 0 Å². The Morgan fingerprint density at radius 3 is 2.72 bits per heavy atom. The predicted molar refractivity (Wildman–Crippen MR) is 73.2 cm³/mol. The Kier molecular flexibility index (Phi) is 2.30. The van der Waals surface area contributed by atoms with Gasteiger partial charge in [-0.05, 0) is 37.6 Å². The molecule has 2 aromatic heterocycles. The number of aromatic amines is 1. The molecule has 90 valence electrons. The Balaban J connectivity index is 2.22. The molecule has 0 aliphatic rings. The van der Waals surface area contributed by atoms with Gasteiger partial charge in [-0.25, -0.2) is 9.97 Å². The molecule has 1 aromatic carbocycles. The van der Waals surface area contributed by atoms with Crippen LogP contribution in [0.1, 0.15) is 11.3 Å². The van der Waals surface area contributed by atoms with Gasteiger partial charge in [0, 0.05) is 16.9 Å². The second-order valence-corrected chi connectivity index (χ2v) is 4.43. The third kappa shape index (κ3) is 1.62. The molecule has 0 aliphatic heterocycles. The maximum atomic E-state index is 5.92. The van der Waals surface area contributed by atoms with Crippen molar-refractivity contribution >= 4 is 16.9 Å². The van der Waals surface area contributed by atoms with Crippen LogP contribution >= 0.6 is 0 Å². The van der Waals surface area contributed by atoms with E-state index in [2.05, 4.69) is 15.0 Å². The van der Waals surface area contributed by atoms with E-state index >= 15 is 0 Å². The number of nitrogens with zero attached hydrogens (tertiary/aromatic N) is 2. The van der Waals surface area contributed by atoms with Crippen LogP contribution in [0.3, 0.4) is 0 Å². The molecule has 0 saturated heterocycles. The van der Waals surface area contributed by atoms with Crippen LogP contribution in [0.15, 0.2) is 30.3 Å². The number of anilines is 1. The quantitative estimate of drug-likeness (QED) is 0.640. The topological polar surface area (TPSA) is 67.6 Å². The van der Waals surface area contributed by atoms with Crippen molar-refractivity contribution in [2.75, 3.05) is 5.73 Å². The smallest absolute Gasteiger partial charge is 0.178 e. The van der Waals surface area contributed by atoms with Crippen LogP contribution in [0.25, 0.3) is 22.6 Å². The number of H-pyrrole nitrogens is 1. The monoisotopic (exact) mass is 238 g/mol. The molecule has 3 rings (SSSR count). The Bertz CT molecular complexity index is 728. The van der Waals surface area contributed by atoms with Crippen molar-refractivity contribution in [1.82, 2.24) is 15.0 Å². The lowest BCUT2D eigenvalue weighted by Crippen LogP contribution is -1.92. The van der Waals surface area contributed by atoms with Crippen LogP contribution in [0, 0.1) is 13.8 Å². The molecule has 0 saturated carbocycles. The summed E-state index contributed by atoms with van der Waals surface area (Å²) in [5, 5.41) is 0. The number of aryl methyl sites for hydroxylation is 1. The first kappa shape index (κ1) is 10.8. The summed E-state index contributed by atoms with van der Waals surface area (Å²) < 4.78 is 0. The maximum absolute atomic E-state index is 5.92. The second-order valence-electron chi connectivity index (χ2n) is 4.43. The lowest BCUT2D eigenvalue weighted by atomic mass is 10.1. The molecular weight excluding hydrogens is 224 g/mol. The van der Waals surface area contributed by atoms with Gasteiger partial charge >= 0.3 is 0 Å². The third-order valence-corrected chi connectivity index (χ3v) is 3.12. The SMILES string of the molecule is Cc1ccc2[nH]c(-c3cccc(N)c3C)nc2n1. The number of hydrogen-bond donors (Lipinski definition) is 2. The molecule has 3 N–H and O–H groups in total. The highest BCUT2D eigenvalue weighted by atomic mass is 15.0. The minimum Gasteiger partial charge on any atom is -0.398 e. The third-order valence-electron chi connectivity index (χ3n) is 3.12. The fourth-order valence-corrected chi connectivity index (χ4v) is 2.02. The summed E-state index contributed by atoms with van der Waals surface area (Å²) in [6.45, 7) is 3.95.